The van der Waals surface area contributed by atoms with Gasteiger partial charge in [-0.05, 0) is 67.6 Å². The largest absolute Gasteiger partial charge is 0.494 e. The number of aliphatic hydroxyl groups is 1. The molecule has 0 atom stereocenters. The van der Waals surface area contributed by atoms with Gasteiger partial charge in [0.15, 0.2) is 11.6 Å². The molecular formula is C28H31FN2O4. The molecule has 1 fully saturated rings. The number of rotatable bonds is 8. The van der Waals surface area contributed by atoms with Crippen LogP contribution in [0.4, 0.5) is 4.39 Å². The minimum absolute atomic E-state index is 0.0634. The third kappa shape index (κ3) is 6.17. The number of ether oxygens (including phenoxy) is 2. The lowest BCUT2D eigenvalue weighted by molar-refractivity contribution is 0.0942. The van der Waals surface area contributed by atoms with Crippen LogP contribution in [0.2, 0.25) is 0 Å². The second-order valence-electron chi connectivity index (χ2n) is 8.76. The molecule has 1 amide bonds. The number of halogens is 1. The van der Waals surface area contributed by atoms with Gasteiger partial charge in [0.05, 0.1) is 31.1 Å². The van der Waals surface area contributed by atoms with Crippen LogP contribution < -0.4 is 14.8 Å². The summed E-state index contributed by atoms with van der Waals surface area (Å²) in [7, 11) is 1.41. The van der Waals surface area contributed by atoms with Crippen molar-refractivity contribution in [3.63, 3.8) is 0 Å². The Balaban J connectivity index is 1.61. The Labute approximate surface area is 205 Å². The van der Waals surface area contributed by atoms with Crippen molar-refractivity contribution in [3.05, 3.63) is 77.2 Å². The third-order valence-corrected chi connectivity index (χ3v) is 6.32. The normalized spacial score (nSPS) is 14.3. The van der Waals surface area contributed by atoms with E-state index in [2.05, 4.69) is 10.3 Å². The summed E-state index contributed by atoms with van der Waals surface area (Å²) < 4.78 is 25.4. The van der Waals surface area contributed by atoms with E-state index in [1.54, 1.807) is 36.5 Å². The maximum absolute atomic E-state index is 14.1. The number of carbonyl (C=O) groups is 1. The lowest BCUT2D eigenvalue weighted by atomic mass is 10.0. The van der Waals surface area contributed by atoms with Gasteiger partial charge in [-0.3, -0.25) is 9.78 Å². The van der Waals surface area contributed by atoms with Crippen molar-refractivity contribution in [2.45, 2.75) is 57.8 Å². The summed E-state index contributed by atoms with van der Waals surface area (Å²) >= 11 is 0. The molecule has 3 aromatic rings. The predicted molar refractivity (Wildman–Crippen MR) is 132 cm³/mol. The van der Waals surface area contributed by atoms with Gasteiger partial charge in [0.25, 0.3) is 5.91 Å². The molecular weight excluding hydrogens is 447 g/mol. The van der Waals surface area contributed by atoms with Crippen LogP contribution in [0.1, 0.15) is 60.0 Å². The van der Waals surface area contributed by atoms with Crippen LogP contribution in [0.15, 0.2) is 54.7 Å². The molecule has 6 nitrogen and oxygen atoms in total. The van der Waals surface area contributed by atoms with E-state index in [1.165, 1.54) is 32.1 Å². The Morgan fingerprint density at radius 3 is 2.57 bits per heavy atom. The van der Waals surface area contributed by atoms with Crippen molar-refractivity contribution < 1.29 is 23.8 Å². The number of benzene rings is 2. The number of carbonyl (C=O) groups excluding carboxylic acids is 1. The van der Waals surface area contributed by atoms with Crippen LogP contribution in [0.25, 0.3) is 11.3 Å². The molecule has 7 heteroatoms. The second-order valence-corrected chi connectivity index (χ2v) is 8.76. The lowest BCUT2D eigenvalue weighted by Crippen LogP contribution is -2.25. The Morgan fingerprint density at radius 2 is 1.86 bits per heavy atom. The fraction of sp³-hybridized carbons (Fsp3) is 0.357. The number of nitrogens with one attached hydrogen (secondary N) is 1. The van der Waals surface area contributed by atoms with Crippen molar-refractivity contribution >= 4 is 5.91 Å². The molecule has 4 rings (SSSR count). The number of hydrogen-bond donors (Lipinski definition) is 2. The van der Waals surface area contributed by atoms with E-state index in [1.807, 2.05) is 6.07 Å². The van der Waals surface area contributed by atoms with Crippen molar-refractivity contribution in [2.75, 3.05) is 7.11 Å². The molecule has 0 unspecified atom stereocenters. The van der Waals surface area contributed by atoms with E-state index in [9.17, 15) is 14.3 Å². The average Bonchev–Trinajstić information content (AvgIpc) is 3.16. The van der Waals surface area contributed by atoms with Crippen molar-refractivity contribution in [1.29, 1.82) is 0 Å². The number of nitrogens with zero attached hydrogens (tertiary/aromatic N) is 1. The van der Waals surface area contributed by atoms with Crippen LogP contribution in [-0.4, -0.2) is 29.2 Å². The van der Waals surface area contributed by atoms with Gasteiger partial charge in [0, 0.05) is 23.9 Å². The number of aromatic nitrogens is 1. The highest BCUT2D eigenvalue weighted by Crippen LogP contribution is 2.31. The first kappa shape index (κ1) is 24.7. The molecule has 0 aliphatic heterocycles. The number of aliphatic hydroxyl groups excluding tert-OH is 1. The molecule has 0 saturated heterocycles. The second kappa shape index (κ2) is 11.8. The smallest absolute Gasteiger partial charge is 0.255 e. The van der Waals surface area contributed by atoms with Crippen LogP contribution in [0.5, 0.6) is 11.5 Å². The number of hydrogen-bond acceptors (Lipinski definition) is 5. The summed E-state index contributed by atoms with van der Waals surface area (Å²) in [5.74, 6) is -0.138. The number of amides is 1. The predicted octanol–water partition coefficient (Wildman–Crippen LogP) is 5.42. The van der Waals surface area contributed by atoms with Crippen molar-refractivity contribution in [2.24, 2.45) is 0 Å². The van der Waals surface area contributed by atoms with E-state index in [0.717, 1.165) is 25.7 Å². The standard InChI is InChI=1S/C28H31FN2O4/c1-34-26-12-10-19(15-24(26)29)17-31-28(33)23-16-20(27-21(18-32)7-6-14-30-27)11-13-25(23)35-22-8-4-2-3-5-9-22/h6-7,10-16,22,32H,2-5,8-9,17-18H2,1H3,(H,31,33). The summed E-state index contributed by atoms with van der Waals surface area (Å²) in [4.78, 5) is 17.7. The zero-order valence-corrected chi connectivity index (χ0v) is 19.9. The molecule has 0 bridgehead atoms. The topological polar surface area (TPSA) is 80.7 Å². The SMILES string of the molecule is COc1ccc(CNC(=O)c2cc(-c3ncccc3CO)ccc2OC2CCCCCC2)cc1F. The molecule has 35 heavy (non-hydrogen) atoms. The van der Waals surface area contributed by atoms with Gasteiger partial charge in [-0.25, -0.2) is 4.39 Å². The highest BCUT2D eigenvalue weighted by Gasteiger charge is 2.20. The van der Waals surface area contributed by atoms with E-state index < -0.39 is 5.82 Å². The van der Waals surface area contributed by atoms with Crippen LogP contribution in [0.3, 0.4) is 0 Å². The summed E-state index contributed by atoms with van der Waals surface area (Å²) in [6, 6.07) is 13.6. The fourth-order valence-corrected chi connectivity index (χ4v) is 4.42. The lowest BCUT2D eigenvalue weighted by Gasteiger charge is -2.20. The summed E-state index contributed by atoms with van der Waals surface area (Å²) in [5.41, 5.74) is 3.00. The summed E-state index contributed by atoms with van der Waals surface area (Å²) in [5, 5.41) is 12.6. The maximum atomic E-state index is 14.1. The van der Waals surface area contributed by atoms with Gasteiger partial charge in [-0.2, -0.15) is 0 Å². The Bertz CT molecular complexity index is 1160. The Hall–Kier alpha value is -3.45. The van der Waals surface area contributed by atoms with Gasteiger partial charge in [0.1, 0.15) is 5.75 Å². The van der Waals surface area contributed by atoms with Gasteiger partial charge in [0.2, 0.25) is 0 Å². The average molecular weight is 479 g/mol. The molecule has 1 heterocycles. The Morgan fingerprint density at radius 1 is 1.09 bits per heavy atom. The van der Waals surface area contributed by atoms with Crippen LogP contribution in [0, 0.1) is 5.82 Å². The Kier molecular flexibility index (Phi) is 8.32. The molecule has 184 valence electrons. The van der Waals surface area contributed by atoms with Crippen molar-refractivity contribution in [1.82, 2.24) is 10.3 Å². The van der Waals surface area contributed by atoms with Gasteiger partial charge >= 0.3 is 0 Å². The number of methoxy groups -OCH3 is 1. The molecule has 1 aliphatic rings. The van der Waals surface area contributed by atoms with E-state index >= 15 is 0 Å². The fourth-order valence-electron chi connectivity index (χ4n) is 4.42. The van der Waals surface area contributed by atoms with Crippen LogP contribution in [-0.2, 0) is 13.2 Å². The number of pyridine rings is 1. The zero-order valence-electron chi connectivity index (χ0n) is 19.9. The van der Waals surface area contributed by atoms with Crippen LogP contribution >= 0.6 is 0 Å². The minimum Gasteiger partial charge on any atom is -0.494 e. The van der Waals surface area contributed by atoms with E-state index in [0.29, 0.717) is 33.7 Å². The molecule has 2 aromatic carbocycles. The first-order valence-electron chi connectivity index (χ1n) is 12.1. The molecule has 2 N–H and O–H groups in total. The van der Waals surface area contributed by atoms with Gasteiger partial charge < -0.3 is 19.9 Å². The minimum atomic E-state index is -0.481. The molecule has 1 saturated carbocycles. The highest BCUT2D eigenvalue weighted by atomic mass is 19.1. The third-order valence-electron chi connectivity index (χ3n) is 6.32. The van der Waals surface area contributed by atoms with Crippen molar-refractivity contribution in [3.8, 4) is 22.8 Å². The monoisotopic (exact) mass is 478 g/mol. The zero-order chi connectivity index (χ0) is 24.6. The van der Waals surface area contributed by atoms with Gasteiger partial charge in [-0.1, -0.05) is 25.0 Å². The molecule has 0 spiro atoms. The first-order valence-corrected chi connectivity index (χ1v) is 12.1. The molecule has 1 aromatic heterocycles. The van der Waals surface area contributed by atoms with E-state index in [4.69, 9.17) is 9.47 Å². The first-order chi connectivity index (χ1) is 17.1. The highest BCUT2D eigenvalue weighted by molar-refractivity contribution is 5.98. The molecule has 0 radical (unpaired) electrons. The van der Waals surface area contributed by atoms with E-state index in [-0.39, 0.29) is 30.9 Å². The maximum Gasteiger partial charge on any atom is 0.255 e. The summed E-state index contributed by atoms with van der Waals surface area (Å²) in [6.45, 7) is -0.00756. The summed E-state index contributed by atoms with van der Waals surface area (Å²) in [6.07, 6.45) is 8.27. The van der Waals surface area contributed by atoms with Gasteiger partial charge in [-0.15, -0.1) is 0 Å². The quantitative estimate of drug-likeness (QED) is 0.423. The molecule has 1 aliphatic carbocycles.